The summed E-state index contributed by atoms with van der Waals surface area (Å²) in [6.45, 7) is 6.53. The van der Waals surface area contributed by atoms with Gasteiger partial charge in [0.2, 0.25) is 0 Å². The van der Waals surface area contributed by atoms with Crippen LogP contribution in [0.1, 0.15) is 26.3 Å². The fourth-order valence-corrected chi connectivity index (χ4v) is 2.73. The second-order valence-electron chi connectivity index (χ2n) is 6.88. The molecule has 0 saturated heterocycles. The third-order valence-corrected chi connectivity index (χ3v) is 4.12. The normalized spacial score (nSPS) is 11.4. The highest BCUT2D eigenvalue weighted by atomic mass is 16.3. The van der Waals surface area contributed by atoms with E-state index in [2.05, 4.69) is 20.8 Å². The molecule has 1 nitrogen and oxygen atoms in total. The van der Waals surface area contributed by atoms with Gasteiger partial charge in [0, 0.05) is 11.1 Å². The largest absolute Gasteiger partial charge is 0.289 e. The highest BCUT2D eigenvalue weighted by molar-refractivity contribution is 5.83. The van der Waals surface area contributed by atoms with Crippen molar-refractivity contribution in [3.8, 4) is 28.0 Å². The summed E-state index contributed by atoms with van der Waals surface area (Å²) >= 11 is 0. The van der Waals surface area contributed by atoms with Crippen molar-refractivity contribution in [2.24, 2.45) is 0 Å². The maximum Gasteiger partial charge on any atom is 0.194 e. The molecule has 0 saturated carbocycles. The summed E-state index contributed by atoms with van der Waals surface area (Å²) in [5.41, 5.74) is 4.66. The Bertz CT molecular complexity index is 736. The van der Waals surface area contributed by atoms with Crippen LogP contribution in [0.15, 0.2) is 72.8 Å². The minimum atomic E-state index is -0.0131. The lowest BCUT2D eigenvalue weighted by molar-refractivity contribution is 0.358. The van der Waals surface area contributed by atoms with Gasteiger partial charge in [-0.2, -0.15) is 0 Å². The standard InChI is InChI=1S/C22H21O/c1-22(2,3)18-14-19(16-10-6-4-7-11-16)21(23)20(15-18)17-12-8-5-9-13-17/h4-15H,1-3H3. The number of hydrogen-bond donors (Lipinski definition) is 0. The van der Waals surface area contributed by atoms with E-state index < -0.39 is 0 Å². The van der Waals surface area contributed by atoms with Gasteiger partial charge in [-0.25, -0.2) is 0 Å². The van der Waals surface area contributed by atoms with Crippen molar-refractivity contribution in [1.82, 2.24) is 0 Å². The molecule has 3 aromatic rings. The van der Waals surface area contributed by atoms with E-state index in [1.807, 2.05) is 72.8 Å². The molecule has 0 aliphatic carbocycles. The Morgan fingerprint density at radius 1 is 0.652 bits per heavy atom. The van der Waals surface area contributed by atoms with E-state index in [9.17, 15) is 5.11 Å². The first-order chi connectivity index (χ1) is 11.0. The fourth-order valence-electron chi connectivity index (χ4n) is 2.73. The molecule has 1 heteroatoms. The quantitative estimate of drug-likeness (QED) is 0.517. The molecular weight excluding hydrogens is 280 g/mol. The van der Waals surface area contributed by atoms with Crippen molar-refractivity contribution in [2.45, 2.75) is 26.2 Å². The third-order valence-electron chi connectivity index (χ3n) is 4.12. The molecule has 0 N–H and O–H groups in total. The Morgan fingerprint density at radius 3 is 1.39 bits per heavy atom. The molecule has 1 radical (unpaired) electrons. The van der Waals surface area contributed by atoms with E-state index in [0.717, 1.165) is 22.3 Å². The zero-order valence-electron chi connectivity index (χ0n) is 13.8. The van der Waals surface area contributed by atoms with Crippen molar-refractivity contribution in [3.63, 3.8) is 0 Å². The van der Waals surface area contributed by atoms with E-state index in [1.54, 1.807) is 0 Å². The van der Waals surface area contributed by atoms with Gasteiger partial charge in [0.1, 0.15) is 0 Å². The van der Waals surface area contributed by atoms with E-state index in [0.29, 0.717) is 0 Å². The smallest absolute Gasteiger partial charge is 0.194 e. The zero-order valence-corrected chi connectivity index (χ0v) is 13.8. The molecule has 0 heterocycles. The van der Waals surface area contributed by atoms with Gasteiger partial charge in [0.15, 0.2) is 5.75 Å². The van der Waals surface area contributed by atoms with Crippen LogP contribution in [0.4, 0.5) is 0 Å². The molecule has 0 aliphatic heterocycles. The van der Waals surface area contributed by atoms with E-state index in [4.69, 9.17) is 0 Å². The number of hydrogen-bond acceptors (Lipinski definition) is 0. The molecule has 0 unspecified atom stereocenters. The van der Waals surface area contributed by atoms with Crippen LogP contribution < -0.4 is 0 Å². The van der Waals surface area contributed by atoms with Crippen molar-refractivity contribution < 1.29 is 5.11 Å². The maximum absolute atomic E-state index is 13.0. The first-order valence-electron chi connectivity index (χ1n) is 7.93. The minimum absolute atomic E-state index is 0.0131. The molecule has 3 rings (SSSR count). The molecule has 0 amide bonds. The summed E-state index contributed by atoms with van der Waals surface area (Å²) in [4.78, 5) is 0. The van der Waals surface area contributed by atoms with Crippen molar-refractivity contribution in [3.05, 3.63) is 78.4 Å². The van der Waals surface area contributed by atoms with E-state index in [1.165, 1.54) is 5.56 Å². The van der Waals surface area contributed by atoms with Gasteiger partial charge >= 0.3 is 0 Å². The average molecular weight is 301 g/mol. The fraction of sp³-hybridized carbons (Fsp3) is 0.182. The molecule has 23 heavy (non-hydrogen) atoms. The zero-order chi connectivity index (χ0) is 16.4. The van der Waals surface area contributed by atoms with Gasteiger partial charge in [-0.05, 0) is 34.2 Å². The van der Waals surface area contributed by atoms with Gasteiger partial charge in [0.25, 0.3) is 0 Å². The first kappa shape index (κ1) is 15.4. The van der Waals surface area contributed by atoms with Crippen molar-refractivity contribution in [2.75, 3.05) is 0 Å². The Kier molecular flexibility index (Phi) is 3.96. The molecule has 0 aliphatic rings. The SMILES string of the molecule is CC(C)(C)c1cc(-c2ccccc2)c([O])c(-c2ccccc2)c1. The van der Waals surface area contributed by atoms with E-state index in [-0.39, 0.29) is 11.2 Å². The third kappa shape index (κ3) is 3.14. The summed E-state index contributed by atoms with van der Waals surface area (Å²) in [5, 5.41) is 13.0. The summed E-state index contributed by atoms with van der Waals surface area (Å²) in [7, 11) is 0. The summed E-state index contributed by atoms with van der Waals surface area (Å²) in [5.74, 6) is 0.0930. The second kappa shape index (κ2) is 5.92. The lowest BCUT2D eigenvalue weighted by Gasteiger charge is -2.22. The van der Waals surface area contributed by atoms with Gasteiger partial charge < -0.3 is 0 Å². The van der Waals surface area contributed by atoms with Crippen LogP contribution in [0.2, 0.25) is 0 Å². The molecule has 0 atom stereocenters. The lowest BCUT2D eigenvalue weighted by Crippen LogP contribution is -2.11. The number of benzene rings is 3. The lowest BCUT2D eigenvalue weighted by atomic mass is 9.82. The summed E-state index contributed by atoms with van der Waals surface area (Å²) in [6, 6.07) is 23.9. The van der Waals surface area contributed by atoms with E-state index >= 15 is 0 Å². The van der Waals surface area contributed by atoms with Gasteiger partial charge in [-0.15, -0.1) is 0 Å². The van der Waals surface area contributed by atoms with Crippen LogP contribution in [0.5, 0.6) is 5.75 Å². The van der Waals surface area contributed by atoms with Crippen molar-refractivity contribution >= 4 is 0 Å². The van der Waals surface area contributed by atoms with Crippen LogP contribution in [0.3, 0.4) is 0 Å². The predicted octanol–water partition coefficient (Wildman–Crippen LogP) is 6.46. The Hall–Kier alpha value is -2.54. The highest BCUT2D eigenvalue weighted by Crippen LogP contribution is 2.42. The molecular formula is C22H21O. The topological polar surface area (TPSA) is 19.9 Å². The number of rotatable bonds is 2. The monoisotopic (exact) mass is 301 g/mol. The predicted molar refractivity (Wildman–Crippen MR) is 96.1 cm³/mol. The molecule has 0 bridgehead atoms. The second-order valence-corrected chi connectivity index (χ2v) is 6.88. The molecule has 115 valence electrons. The molecule has 3 aromatic carbocycles. The Morgan fingerprint density at radius 2 is 1.04 bits per heavy atom. The minimum Gasteiger partial charge on any atom is -0.289 e. The van der Waals surface area contributed by atoms with Crippen LogP contribution in [0.25, 0.3) is 22.3 Å². The van der Waals surface area contributed by atoms with Gasteiger partial charge in [-0.1, -0.05) is 81.4 Å². The first-order valence-corrected chi connectivity index (χ1v) is 7.93. The van der Waals surface area contributed by atoms with Crippen LogP contribution in [0, 0.1) is 0 Å². The molecule has 0 spiro atoms. The van der Waals surface area contributed by atoms with Crippen LogP contribution >= 0.6 is 0 Å². The van der Waals surface area contributed by atoms with Crippen LogP contribution in [-0.2, 0) is 10.5 Å². The Balaban J connectivity index is 2.28. The Labute approximate surface area is 138 Å². The maximum atomic E-state index is 13.0. The van der Waals surface area contributed by atoms with Crippen molar-refractivity contribution in [1.29, 1.82) is 0 Å². The van der Waals surface area contributed by atoms with Gasteiger partial charge in [0.05, 0.1) is 0 Å². The molecule has 0 fully saturated rings. The van der Waals surface area contributed by atoms with Gasteiger partial charge in [-0.3, -0.25) is 5.11 Å². The van der Waals surface area contributed by atoms with Crippen LogP contribution in [-0.4, -0.2) is 0 Å². The average Bonchev–Trinajstić information content (AvgIpc) is 2.55. The summed E-state index contributed by atoms with van der Waals surface area (Å²) in [6.07, 6.45) is 0. The molecule has 0 aromatic heterocycles. The summed E-state index contributed by atoms with van der Waals surface area (Å²) < 4.78 is 0. The highest BCUT2D eigenvalue weighted by Gasteiger charge is 2.21.